The van der Waals surface area contributed by atoms with E-state index in [1.165, 1.54) is 30.6 Å². The van der Waals surface area contributed by atoms with Crippen LogP contribution in [0.15, 0.2) is 36.4 Å². The van der Waals surface area contributed by atoms with Crippen LogP contribution >= 0.6 is 11.3 Å². The van der Waals surface area contributed by atoms with Crippen LogP contribution in [0.4, 0.5) is 9.39 Å². The highest BCUT2D eigenvalue weighted by Crippen LogP contribution is 2.46. The number of carbonyl (C=O) groups excluding carboxylic acids is 2. The molecule has 2 N–H and O–H groups in total. The second-order valence-corrected chi connectivity index (χ2v) is 9.13. The highest BCUT2D eigenvalue weighted by atomic mass is 32.1. The molecule has 4 unspecified atom stereocenters. The smallest absolute Gasteiger partial charge is 0.341 e. The molecule has 6 nitrogen and oxygen atoms in total. The van der Waals surface area contributed by atoms with Crippen molar-refractivity contribution in [2.75, 3.05) is 12.4 Å². The summed E-state index contributed by atoms with van der Waals surface area (Å²) in [6.45, 7) is 1.80. The van der Waals surface area contributed by atoms with Crippen molar-refractivity contribution in [3.63, 3.8) is 0 Å². The van der Waals surface area contributed by atoms with Crippen LogP contribution in [0.5, 0.6) is 0 Å². The number of carboxylic acids is 1. The predicted octanol–water partition coefficient (Wildman–Crippen LogP) is 4.50. The number of anilines is 1. The lowest BCUT2D eigenvalue weighted by atomic mass is 9.62. The van der Waals surface area contributed by atoms with E-state index in [1.807, 2.05) is 12.2 Å². The molecular formula is C23H22FNO5S. The molecule has 1 fully saturated rings. The number of carbonyl (C=O) groups is 3. The lowest BCUT2D eigenvalue weighted by Gasteiger charge is -2.41. The fourth-order valence-electron chi connectivity index (χ4n) is 4.78. The van der Waals surface area contributed by atoms with Gasteiger partial charge in [0.2, 0.25) is 5.91 Å². The van der Waals surface area contributed by atoms with Crippen LogP contribution in [-0.4, -0.2) is 30.1 Å². The Bertz CT molecular complexity index is 1070. The minimum Gasteiger partial charge on any atom is -0.481 e. The van der Waals surface area contributed by atoms with Crippen molar-refractivity contribution >= 4 is 34.2 Å². The predicted molar refractivity (Wildman–Crippen MR) is 114 cm³/mol. The van der Waals surface area contributed by atoms with Crippen LogP contribution in [-0.2, 0) is 14.3 Å². The van der Waals surface area contributed by atoms with Gasteiger partial charge in [0.25, 0.3) is 0 Å². The normalized spacial score (nSPS) is 24.1. The first-order valence-corrected chi connectivity index (χ1v) is 10.8. The summed E-state index contributed by atoms with van der Waals surface area (Å²) in [6.07, 6.45) is 5.35. The molecule has 162 valence electrons. The highest BCUT2D eigenvalue weighted by Gasteiger charge is 2.48. The maximum atomic E-state index is 13.4. The van der Waals surface area contributed by atoms with Crippen LogP contribution in [0.3, 0.4) is 0 Å². The van der Waals surface area contributed by atoms with E-state index < -0.39 is 35.5 Å². The van der Waals surface area contributed by atoms with Crippen molar-refractivity contribution in [2.45, 2.75) is 19.8 Å². The molecule has 4 atom stereocenters. The Hall–Kier alpha value is -3.00. The van der Waals surface area contributed by atoms with Gasteiger partial charge in [-0.25, -0.2) is 9.18 Å². The fraction of sp³-hybridized carbons (Fsp3) is 0.348. The second kappa shape index (κ2) is 8.26. The number of thiophene rings is 1. The minimum absolute atomic E-state index is 0.148. The molecule has 0 spiro atoms. The Morgan fingerprint density at radius 2 is 1.71 bits per heavy atom. The van der Waals surface area contributed by atoms with Gasteiger partial charge in [0, 0.05) is 10.4 Å². The number of allylic oxidation sites excluding steroid dienone is 2. The van der Waals surface area contributed by atoms with Gasteiger partial charge in [0.15, 0.2) is 0 Å². The molecule has 2 bridgehead atoms. The molecule has 0 radical (unpaired) electrons. The molecule has 1 saturated carbocycles. The average Bonchev–Trinajstić information content (AvgIpc) is 3.09. The number of halogens is 1. The van der Waals surface area contributed by atoms with Crippen molar-refractivity contribution in [3.8, 4) is 11.1 Å². The van der Waals surface area contributed by atoms with Crippen LogP contribution in [0.1, 0.15) is 28.1 Å². The Kier molecular flexibility index (Phi) is 5.66. The maximum Gasteiger partial charge on any atom is 0.341 e. The van der Waals surface area contributed by atoms with Gasteiger partial charge >= 0.3 is 11.9 Å². The number of nitrogens with one attached hydrogen (secondary N) is 1. The summed E-state index contributed by atoms with van der Waals surface area (Å²) in [6, 6.07) is 5.73. The van der Waals surface area contributed by atoms with E-state index in [9.17, 15) is 23.9 Å². The Balaban J connectivity index is 1.71. The summed E-state index contributed by atoms with van der Waals surface area (Å²) in [5.41, 5.74) is 1.37. The largest absolute Gasteiger partial charge is 0.481 e. The monoisotopic (exact) mass is 443 g/mol. The van der Waals surface area contributed by atoms with Gasteiger partial charge in [0.05, 0.1) is 18.9 Å². The van der Waals surface area contributed by atoms with E-state index >= 15 is 0 Å². The number of aliphatic carboxylic acids is 1. The average molecular weight is 443 g/mol. The Morgan fingerprint density at radius 1 is 1.10 bits per heavy atom. The molecule has 0 saturated heterocycles. The van der Waals surface area contributed by atoms with E-state index in [0.717, 1.165) is 17.7 Å². The topological polar surface area (TPSA) is 92.7 Å². The lowest BCUT2D eigenvalue weighted by Crippen LogP contribution is -2.47. The lowest BCUT2D eigenvalue weighted by molar-refractivity contribution is -0.151. The summed E-state index contributed by atoms with van der Waals surface area (Å²) in [5.74, 6) is -4.23. The highest BCUT2D eigenvalue weighted by molar-refractivity contribution is 7.17. The first-order chi connectivity index (χ1) is 14.8. The van der Waals surface area contributed by atoms with Crippen molar-refractivity contribution in [2.24, 2.45) is 23.7 Å². The third kappa shape index (κ3) is 3.76. The second-order valence-electron chi connectivity index (χ2n) is 7.90. The number of methoxy groups -OCH3 is 1. The fourth-order valence-corrected chi connectivity index (χ4v) is 5.84. The van der Waals surface area contributed by atoms with E-state index in [2.05, 4.69) is 5.32 Å². The number of ether oxygens (including phenoxy) is 1. The SMILES string of the molecule is COC(=O)c1c(NC(=O)C2C3C=CC(CC3)C2C(=O)O)sc(C)c1-c1ccc(F)cc1. The number of aryl methyl sites for hydroxylation is 1. The summed E-state index contributed by atoms with van der Waals surface area (Å²) in [7, 11) is 1.25. The van der Waals surface area contributed by atoms with E-state index in [-0.39, 0.29) is 17.4 Å². The Morgan fingerprint density at radius 3 is 2.26 bits per heavy atom. The number of esters is 1. The zero-order valence-corrected chi connectivity index (χ0v) is 17.9. The minimum atomic E-state index is -0.984. The van der Waals surface area contributed by atoms with Crippen molar-refractivity contribution in [1.82, 2.24) is 0 Å². The molecule has 2 aromatic rings. The number of rotatable bonds is 5. The van der Waals surface area contributed by atoms with Crippen LogP contribution in [0, 0.1) is 36.4 Å². The van der Waals surface area contributed by atoms with E-state index in [0.29, 0.717) is 16.1 Å². The molecule has 1 aromatic heterocycles. The summed E-state index contributed by atoms with van der Waals surface area (Å²) in [4.78, 5) is 38.5. The molecule has 1 amide bonds. The standard InChI is InChI=1S/C23H22FNO5S/c1-11-16(12-7-9-15(24)10-8-12)19(23(29)30-2)21(31-11)25-20(26)17-13-3-5-14(6-4-13)18(17)22(27)28/h3,5,7-10,13-14,17-18H,4,6H2,1-2H3,(H,25,26)(H,27,28). The maximum absolute atomic E-state index is 13.4. The molecule has 3 aliphatic rings. The number of hydrogen-bond donors (Lipinski definition) is 2. The van der Waals surface area contributed by atoms with Crippen molar-refractivity contribution in [1.29, 1.82) is 0 Å². The number of amides is 1. The number of hydrogen-bond acceptors (Lipinski definition) is 5. The van der Waals surface area contributed by atoms with Gasteiger partial charge in [0.1, 0.15) is 16.4 Å². The van der Waals surface area contributed by atoms with E-state index in [4.69, 9.17) is 4.74 Å². The number of carboxylic acid groups (broad SMARTS) is 1. The van der Waals surface area contributed by atoms with Crippen LogP contribution in [0.2, 0.25) is 0 Å². The zero-order chi connectivity index (χ0) is 22.3. The molecule has 31 heavy (non-hydrogen) atoms. The molecule has 1 heterocycles. The summed E-state index contributed by atoms with van der Waals surface area (Å²) < 4.78 is 18.3. The van der Waals surface area contributed by atoms with Gasteiger partial charge < -0.3 is 15.2 Å². The summed E-state index contributed by atoms with van der Waals surface area (Å²) >= 11 is 1.21. The first-order valence-electron chi connectivity index (χ1n) is 10.0. The summed E-state index contributed by atoms with van der Waals surface area (Å²) in [5, 5.41) is 12.9. The van der Waals surface area contributed by atoms with E-state index in [1.54, 1.807) is 19.1 Å². The Labute approximate surface area is 182 Å². The van der Waals surface area contributed by atoms with Gasteiger partial charge in [-0.05, 0) is 49.3 Å². The number of benzene rings is 1. The third-order valence-corrected chi connectivity index (χ3v) is 7.20. The van der Waals surface area contributed by atoms with Gasteiger partial charge in [-0.3, -0.25) is 9.59 Å². The van der Waals surface area contributed by atoms with Crippen LogP contribution in [0.25, 0.3) is 11.1 Å². The van der Waals surface area contributed by atoms with Gasteiger partial charge in [-0.1, -0.05) is 24.3 Å². The quantitative estimate of drug-likeness (QED) is 0.524. The van der Waals surface area contributed by atoms with Crippen LogP contribution < -0.4 is 5.32 Å². The van der Waals surface area contributed by atoms with Crippen molar-refractivity contribution < 1.29 is 28.6 Å². The molecule has 8 heteroatoms. The molecule has 5 rings (SSSR count). The van der Waals surface area contributed by atoms with Gasteiger partial charge in [-0.2, -0.15) is 0 Å². The molecule has 0 aliphatic heterocycles. The van der Waals surface area contributed by atoms with Gasteiger partial charge in [-0.15, -0.1) is 11.3 Å². The van der Waals surface area contributed by atoms with Crippen molar-refractivity contribution in [3.05, 3.63) is 52.7 Å². The zero-order valence-electron chi connectivity index (χ0n) is 17.1. The molecule has 1 aromatic carbocycles. The third-order valence-electron chi connectivity index (χ3n) is 6.18. The first kappa shape index (κ1) is 21.2. The molecular weight excluding hydrogens is 421 g/mol. The molecule has 3 aliphatic carbocycles. The number of fused-ring (bicyclic) bond motifs is 2.